The highest BCUT2D eigenvalue weighted by Crippen LogP contribution is 2.44. The molecule has 27 heavy (non-hydrogen) atoms. The summed E-state index contributed by atoms with van der Waals surface area (Å²) in [4.78, 5) is 14.1. The Bertz CT molecular complexity index is 804. The van der Waals surface area contributed by atoms with E-state index in [9.17, 15) is 0 Å². The van der Waals surface area contributed by atoms with Crippen LogP contribution in [0.15, 0.2) is 36.7 Å². The van der Waals surface area contributed by atoms with E-state index in [1.165, 1.54) is 44.5 Å². The summed E-state index contributed by atoms with van der Waals surface area (Å²) in [5.74, 6) is 1.04. The van der Waals surface area contributed by atoms with Gasteiger partial charge in [-0.05, 0) is 57.3 Å². The van der Waals surface area contributed by atoms with Gasteiger partial charge in [-0.1, -0.05) is 18.2 Å². The van der Waals surface area contributed by atoms with Crippen LogP contribution in [0.3, 0.4) is 0 Å². The van der Waals surface area contributed by atoms with E-state index in [-0.39, 0.29) is 0 Å². The molecule has 1 spiro atoms. The maximum atomic E-state index is 4.65. The average Bonchev–Trinajstić information content (AvgIpc) is 3.07. The molecule has 2 saturated heterocycles. The van der Waals surface area contributed by atoms with Gasteiger partial charge in [-0.2, -0.15) is 0 Å². The maximum Gasteiger partial charge on any atom is 0.147 e. The highest BCUT2D eigenvalue weighted by Gasteiger charge is 2.42. The smallest absolute Gasteiger partial charge is 0.147 e. The molecule has 3 aliphatic rings. The number of anilines is 2. The van der Waals surface area contributed by atoms with Gasteiger partial charge in [-0.15, -0.1) is 0 Å². The quantitative estimate of drug-likeness (QED) is 0.888. The van der Waals surface area contributed by atoms with Gasteiger partial charge in [-0.3, -0.25) is 4.98 Å². The Morgan fingerprint density at radius 1 is 1.04 bits per heavy atom. The minimum absolute atomic E-state index is 0.366. The van der Waals surface area contributed by atoms with Crippen LogP contribution in [-0.4, -0.2) is 53.6 Å². The van der Waals surface area contributed by atoms with Gasteiger partial charge in [0.15, 0.2) is 0 Å². The molecular formula is C22H29N5. The fourth-order valence-electron chi connectivity index (χ4n) is 5.29. The largest absolute Gasteiger partial charge is 0.384 e. The van der Waals surface area contributed by atoms with Gasteiger partial charge in [0.2, 0.25) is 0 Å². The normalized spacial score (nSPS) is 22.6. The second-order valence-electron chi connectivity index (χ2n) is 8.45. The first-order chi connectivity index (χ1) is 13.2. The van der Waals surface area contributed by atoms with E-state index in [2.05, 4.69) is 49.4 Å². The lowest BCUT2D eigenvalue weighted by molar-refractivity contribution is 0.106. The third-order valence-corrected chi connectivity index (χ3v) is 6.92. The monoisotopic (exact) mass is 363 g/mol. The zero-order valence-electron chi connectivity index (χ0n) is 16.2. The lowest BCUT2D eigenvalue weighted by atomic mass is 9.74. The summed E-state index contributed by atoms with van der Waals surface area (Å²) in [6.45, 7) is 7.77. The van der Waals surface area contributed by atoms with Crippen molar-refractivity contribution in [1.29, 1.82) is 0 Å². The van der Waals surface area contributed by atoms with Gasteiger partial charge in [0.25, 0.3) is 0 Å². The van der Waals surface area contributed by atoms with Crippen LogP contribution < -0.4 is 10.2 Å². The Morgan fingerprint density at radius 2 is 1.81 bits per heavy atom. The summed E-state index contributed by atoms with van der Waals surface area (Å²) in [7, 11) is 0. The van der Waals surface area contributed by atoms with Crippen LogP contribution >= 0.6 is 0 Å². The van der Waals surface area contributed by atoms with Gasteiger partial charge >= 0.3 is 0 Å². The zero-order chi connectivity index (χ0) is 18.3. The van der Waals surface area contributed by atoms with E-state index in [0.717, 1.165) is 37.2 Å². The predicted octanol–water partition coefficient (Wildman–Crippen LogP) is 3.21. The van der Waals surface area contributed by atoms with Crippen LogP contribution in [-0.2, 0) is 5.41 Å². The van der Waals surface area contributed by atoms with Crippen LogP contribution in [0.5, 0.6) is 0 Å². The molecule has 1 N–H and O–H groups in total. The van der Waals surface area contributed by atoms with Gasteiger partial charge in [0, 0.05) is 43.0 Å². The van der Waals surface area contributed by atoms with Crippen molar-refractivity contribution < 1.29 is 0 Å². The van der Waals surface area contributed by atoms with Crippen molar-refractivity contribution in [2.75, 3.05) is 42.9 Å². The second kappa shape index (κ2) is 6.79. The lowest BCUT2D eigenvalue weighted by Crippen LogP contribution is -2.51. The number of likely N-dealkylation sites (tertiary alicyclic amines) is 1. The highest BCUT2D eigenvalue weighted by molar-refractivity contribution is 5.60. The molecule has 0 amide bonds. The van der Waals surface area contributed by atoms with E-state index >= 15 is 0 Å². The number of hydrogen-bond donors (Lipinski definition) is 1. The lowest BCUT2D eigenvalue weighted by Gasteiger charge is -2.45. The predicted molar refractivity (Wildman–Crippen MR) is 109 cm³/mol. The summed E-state index contributed by atoms with van der Waals surface area (Å²) in [6.07, 6.45) is 8.76. The number of rotatable bonds is 2. The molecule has 0 aliphatic carbocycles. The fourth-order valence-corrected chi connectivity index (χ4v) is 5.29. The number of nitrogens with one attached hydrogen (secondary N) is 1. The number of nitrogens with zero attached hydrogens (tertiary/aromatic N) is 4. The van der Waals surface area contributed by atoms with E-state index in [4.69, 9.17) is 0 Å². The molecule has 0 atom stereocenters. The van der Waals surface area contributed by atoms with Crippen molar-refractivity contribution in [2.45, 2.75) is 44.1 Å². The number of benzene rings is 1. The number of aryl methyl sites for hydroxylation is 1. The van der Waals surface area contributed by atoms with E-state index < -0.39 is 0 Å². The average molecular weight is 364 g/mol. The molecule has 2 aromatic rings. The zero-order valence-corrected chi connectivity index (χ0v) is 16.2. The fraction of sp³-hybridized carbons (Fsp3) is 0.545. The first kappa shape index (κ1) is 17.0. The summed E-state index contributed by atoms with van der Waals surface area (Å²) < 4.78 is 0. The third kappa shape index (κ3) is 3.08. The Hall–Kier alpha value is -2.14. The van der Waals surface area contributed by atoms with Crippen molar-refractivity contribution in [3.8, 4) is 0 Å². The van der Waals surface area contributed by atoms with Crippen LogP contribution in [0.1, 0.15) is 36.9 Å². The van der Waals surface area contributed by atoms with Crippen LogP contribution in [0, 0.1) is 6.92 Å². The Kier molecular flexibility index (Phi) is 4.27. The molecule has 5 nitrogen and oxygen atoms in total. The number of piperidine rings is 2. The molecule has 142 valence electrons. The van der Waals surface area contributed by atoms with Gasteiger partial charge in [0.1, 0.15) is 5.82 Å². The van der Waals surface area contributed by atoms with Crippen LogP contribution in [0.2, 0.25) is 0 Å². The summed E-state index contributed by atoms with van der Waals surface area (Å²) in [5, 5.41) is 3.65. The molecule has 1 aromatic carbocycles. The van der Waals surface area contributed by atoms with Gasteiger partial charge < -0.3 is 15.1 Å². The molecule has 0 saturated carbocycles. The first-order valence-corrected chi connectivity index (χ1v) is 10.3. The molecule has 2 fully saturated rings. The van der Waals surface area contributed by atoms with Crippen LogP contribution in [0.4, 0.5) is 11.5 Å². The summed E-state index contributed by atoms with van der Waals surface area (Å²) >= 11 is 0. The molecule has 4 heterocycles. The summed E-state index contributed by atoms with van der Waals surface area (Å²) in [6, 6.07) is 9.64. The summed E-state index contributed by atoms with van der Waals surface area (Å²) in [5.41, 5.74) is 4.28. The molecule has 5 rings (SSSR count). The molecule has 1 aromatic heterocycles. The number of fused-ring (bicyclic) bond motifs is 2. The standard InChI is InChI=1S/C22H29N5/c1-17-14-23-15-21(25-17)27-10-6-18(7-11-27)26-12-8-22(9-13-26)16-24-20-5-3-2-4-19(20)22/h2-5,14-15,18,24H,6-13,16H2,1H3. The van der Waals surface area contributed by atoms with Crippen molar-refractivity contribution in [2.24, 2.45) is 0 Å². The van der Waals surface area contributed by atoms with E-state index in [0.29, 0.717) is 5.41 Å². The third-order valence-electron chi connectivity index (χ3n) is 6.92. The molecule has 0 bridgehead atoms. The molecule has 5 heteroatoms. The molecule has 3 aliphatic heterocycles. The van der Waals surface area contributed by atoms with Crippen molar-refractivity contribution in [1.82, 2.24) is 14.9 Å². The van der Waals surface area contributed by atoms with E-state index in [1.807, 2.05) is 19.3 Å². The Labute approximate surface area is 161 Å². The molecular weight excluding hydrogens is 334 g/mol. The van der Waals surface area contributed by atoms with Gasteiger partial charge in [0.05, 0.1) is 11.9 Å². The minimum Gasteiger partial charge on any atom is -0.384 e. The van der Waals surface area contributed by atoms with Crippen molar-refractivity contribution in [3.63, 3.8) is 0 Å². The Balaban J connectivity index is 1.20. The van der Waals surface area contributed by atoms with Gasteiger partial charge in [-0.25, -0.2) is 4.98 Å². The minimum atomic E-state index is 0.366. The van der Waals surface area contributed by atoms with Crippen LogP contribution in [0.25, 0.3) is 0 Å². The second-order valence-corrected chi connectivity index (χ2v) is 8.45. The first-order valence-electron chi connectivity index (χ1n) is 10.3. The molecule has 0 radical (unpaired) electrons. The maximum absolute atomic E-state index is 4.65. The number of para-hydroxylation sites is 1. The SMILES string of the molecule is Cc1cncc(N2CCC(N3CCC4(CC3)CNc3ccccc34)CC2)n1. The van der Waals surface area contributed by atoms with Crippen molar-refractivity contribution in [3.05, 3.63) is 47.9 Å². The van der Waals surface area contributed by atoms with Crippen molar-refractivity contribution >= 4 is 11.5 Å². The molecule has 0 unspecified atom stereocenters. The number of hydrogen-bond acceptors (Lipinski definition) is 5. The topological polar surface area (TPSA) is 44.3 Å². The van der Waals surface area contributed by atoms with E-state index in [1.54, 1.807) is 5.56 Å². The highest BCUT2D eigenvalue weighted by atomic mass is 15.2. The Morgan fingerprint density at radius 3 is 2.59 bits per heavy atom. The number of aromatic nitrogens is 2.